The summed E-state index contributed by atoms with van der Waals surface area (Å²) in [6.07, 6.45) is 9.08. The fourth-order valence-electron chi connectivity index (χ4n) is 3.42. The first kappa shape index (κ1) is 11.2. The van der Waals surface area contributed by atoms with Gasteiger partial charge in [0.05, 0.1) is 0 Å². The minimum absolute atomic E-state index is 0.434. The average Bonchev–Trinajstić information content (AvgIpc) is 2.74. The maximum atomic E-state index is 4.58. The van der Waals surface area contributed by atoms with Gasteiger partial charge in [-0.25, -0.2) is 4.98 Å². The van der Waals surface area contributed by atoms with Crippen LogP contribution < -0.4 is 4.90 Å². The number of aromatic nitrogens is 4. The molecule has 0 N–H and O–H groups in total. The zero-order valence-corrected chi connectivity index (χ0v) is 11.3. The highest BCUT2D eigenvalue weighted by atomic mass is 15.4. The van der Waals surface area contributed by atoms with Crippen molar-refractivity contribution in [2.45, 2.75) is 51.0 Å². The Kier molecular flexibility index (Phi) is 2.31. The Labute approximate surface area is 112 Å². The van der Waals surface area contributed by atoms with Gasteiger partial charge in [0.1, 0.15) is 12.1 Å². The lowest BCUT2D eigenvalue weighted by Crippen LogP contribution is -2.64. The molecule has 2 fully saturated rings. The fourth-order valence-corrected chi connectivity index (χ4v) is 3.42. The average molecular weight is 257 g/mol. The molecule has 4 rings (SSSR count). The third-order valence-corrected chi connectivity index (χ3v) is 4.73. The summed E-state index contributed by atoms with van der Waals surface area (Å²) < 4.78 is 1.90. The van der Waals surface area contributed by atoms with Crippen LogP contribution in [0.1, 0.15) is 44.7 Å². The molecular formula is C14H19N5. The molecule has 0 radical (unpaired) electrons. The largest absolute Gasteiger partial charge is 0.351 e. The van der Waals surface area contributed by atoms with Crippen molar-refractivity contribution in [3.8, 4) is 0 Å². The van der Waals surface area contributed by atoms with Crippen molar-refractivity contribution < 1.29 is 0 Å². The van der Waals surface area contributed by atoms with E-state index in [1.165, 1.54) is 31.5 Å². The smallest absolute Gasteiger partial charge is 0.254 e. The van der Waals surface area contributed by atoms with Gasteiger partial charge in [-0.3, -0.25) is 0 Å². The van der Waals surface area contributed by atoms with Crippen molar-refractivity contribution in [2.24, 2.45) is 0 Å². The van der Waals surface area contributed by atoms with Gasteiger partial charge >= 0.3 is 0 Å². The second kappa shape index (κ2) is 3.92. The van der Waals surface area contributed by atoms with Gasteiger partial charge in [-0.2, -0.15) is 14.6 Å². The summed E-state index contributed by atoms with van der Waals surface area (Å²) in [6.45, 7) is 3.33. The van der Waals surface area contributed by atoms with Crippen LogP contribution >= 0.6 is 0 Å². The topological polar surface area (TPSA) is 46.3 Å². The number of hydrogen-bond acceptors (Lipinski definition) is 4. The predicted molar refractivity (Wildman–Crippen MR) is 73.3 cm³/mol. The molecule has 0 unspecified atom stereocenters. The summed E-state index contributed by atoms with van der Waals surface area (Å²) in [5.41, 5.74) is 1.57. The van der Waals surface area contributed by atoms with Crippen LogP contribution in [-0.4, -0.2) is 31.7 Å². The second-order valence-electron chi connectivity index (χ2n) is 5.81. The Morgan fingerprint density at radius 2 is 2.21 bits per heavy atom. The Morgan fingerprint density at radius 1 is 1.32 bits per heavy atom. The molecule has 0 aromatic carbocycles. The Balaban J connectivity index is 1.81. The molecule has 0 atom stereocenters. The number of nitrogens with zero attached hydrogens (tertiary/aromatic N) is 5. The minimum atomic E-state index is 0.434. The van der Waals surface area contributed by atoms with E-state index in [0.29, 0.717) is 5.54 Å². The van der Waals surface area contributed by atoms with E-state index in [2.05, 4.69) is 33.0 Å². The molecule has 5 nitrogen and oxygen atoms in total. The Morgan fingerprint density at radius 3 is 2.84 bits per heavy atom. The second-order valence-corrected chi connectivity index (χ2v) is 5.81. The van der Waals surface area contributed by atoms with Crippen LogP contribution in [0.25, 0.3) is 5.78 Å². The van der Waals surface area contributed by atoms with Gasteiger partial charge in [0, 0.05) is 23.8 Å². The van der Waals surface area contributed by atoms with Crippen molar-refractivity contribution in [3.63, 3.8) is 0 Å². The lowest BCUT2D eigenvalue weighted by Gasteiger charge is -2.59. The highest BCUT2D eigenvalue weighted by Crippen LogP contribution is 2.49. The summed E-state index contributed by atoms with van der Waals surface area (Å²) in [7, 11) is 0. The third-order valence-electron chi connectivity index (χ3n) is 4.73. The van der Waals surface area contributed by atoms with Gasteiger partial charge < -0.3 is 4.90 Å². The number of anilines is 1. The van der Waals surface area contributed by atoms with Crippen LogP contribution in [-0.2, 0) is 6.42 Å². The zero-order chi connectivity index (χ0) is 12.9. The van der Waals surface area contributed by atoms with E-state index in [9.17, 15) is 0 Å². The van der Waals surface area contributed by atoms with Crippen molar-refractivity contribution in [2.75, 3.05) is 11.4 Å². The van der Waals surface area contributed by atoms with E-state index >= 15 is 0 Å². The normalized spacial score (nSPS) is 20.6. The van der Waals surface area contributed by atoms with E-state index in [4.69, 9.17) is 0 Å². The molecule has 2 aromatic rings. The maximum absolute atomic E-state index is 4.58. The standard InChI is InChI=1S/C14H19N5/c1-2-4-11-9-12(19-13(17-11)15-10-16-19)18-8-7-14(18)5-3-6-14/h9-10H,2-8H2,1H3. The molecule has 0 bridgehead atoms. The SMILES string of the molecule is CCCc1cc(N2CCC23CCC3)n2ncnc2n1. The molecule has 19 heavy (non-hydrogen) atoms. The summed E-state index contributed by atoms with van der Waals surface area (Å²) in [5.74, 6) is 1.93. The van der Waals surface area contributed by atoms with Crippen molar-refractivity contribution in [3.05, 3.63) is 18.1 Å². The van der Waals surface area contributed by atoms with E-state index < -0.39 is 0 Å². The fraction of sp³-hybridized carbons (Fsp3) is 0.643. The van der Waals surface area contributed by atoms with Gasteiger partial charge in [-0.1, -0.05) is 13.3 Å². The molecule has 1 aliphatic carbocycles. The molecule has 100 valence electrons. The predicted octanol–water partition coefficient (Wildman–Crippen LogP) is 2.21. The quantitative estimate of drug-likeness (QED) is 0.845. The summed E-state index contributed by atoms with van der Waals surface area (Å²) in [5, 5.41) is 4.35. The summed E-state index contributed by atoms with van der Waals surface area (Å²) in [4.78, 5) is 11.4. The van der Waals surface area contributed by atoms with Crippen LogP contribution in [0.5, 0.6) is 0 Å². The molecule has 5 heteroatoms. The monoisotopic (exact) mass is 257 g/mol. The van der Waals surface area contributed by atoms with Crippen LogP contribution in [0.4, 0.5) is 5.82 Å². The van der Waals surface area contributed by atoms with Crippen LogP contribution in [0.3, 0.4) is 0 Å². The lowest BCUT2D eigenvalue weighted by molar-refractivity contribution is 0.149. The van der Waals surface area contributed by atoms with Gasteiger partial charge in [0.2, 0.25) is 0 Å². The Bertz CT molecular complexity index is 608. The van der Waals surface area contributed by atoms with Gasteiger partial charge in [0.15, 0.2) is 0 Å². The first-order valence-corrected chi connectivity index (χ1v) is 7.30. The van der Waals surface area contributed by atoms with Crippen LogP contribution in [0, 0.1) is 0 Å². The zero-order valence-electron chi connectivity index (χ0n) is 11.3. The molecular weight excluding hydrogens is 238 g/mol. The van der Waals surface area contributed by atoms with Crippen molar-refractivity contribution in [1.82, 2.24) is 19.6 Å². The van der Waals surface area contributed by atoms with E-state index in [1.54, 1.807) is 6.33 Å². The molecule has 1 saturated heterocycles. The molecule has 1 spiro atoms. The van der Waals surface area contributed by atoms with Crippen molar-refractivity contribution in [1.29, 1.82) is 0 Å². The molecule has 3 heterocycles. The number of aryl methyl sites for hydroxylation is 1. The van der Waals surface area contributed by atoms with Gasteiger partial charge in [-0.05, 0) is 32.1 Å². The maximum Gasteiger partial charge on any atom is 0.254 e. The number of rotatable bonds is 3. The van der Waals surface area contributed by atoms with Crippen LogP contribution in [0.15, 0.2) is 12.4 Å². The van der Waals surface area contributed by atoms with Gasteiger partial charge in [0.25, 0.3) is 5.78 Å². The molecule has 1 aliphatic heterocycles. The van der Waals surface area contributed by atoms with E-state index in [0.717, 1.165) is 30.9 Å². The number of fused-ring (bicyclic) bond motifs is 1. The minimum Gasteiger partial charge on any atom is -0.351 e. The first-order chi connectivity index (χ1) is 9.32. The highest BCUT2D eigenvalue weighted by Gasteiger charge is 2.49. The summed E-state index contributed by atoms with van der Waals surface area (Å²) >= 11 is 0. The van der Waals surface area contributed by atoms with E-state index in [-0.39, 0.29) is 0 Å². The first-order valence-electron chi connectivity index (χ1n) is 7.30. The highest BCUT2D eigenvalue weighted by molar-refractivity contribution is 5.53. The third kappa shape index (κ3) is 1.50. The van der Waals surface area contributed by atoms with E-state index in [1.807, 2.05) is 4.52 Å². The molecule has 2 aliphatic rings. The molecule has 0 amide bonds. The molecule has 2 aromatic heterocycles. The lowest BCUT2D eigenvalue weighted by atomic mass is 9.68. The Hall–Kier alpha value is -1.65. The van der Waals surface area contributed by atoms with Crippen molar-refractivity contribution >= 4 is 11.6 Å². The number of hydrogen-bond donors (Lipinski definition) is 0. The summed E-state index contributed by atoms with van der Waals surface area (Å²) in [6, 6.07) is 2.21. The van der Waals surface area contributed by atoms with Gasteiger partial charge in [-0.15, -0.1) is 0 Å². The van der Waals surface area contributed by atoms with Crippen LogP contribution in [0.2, 0.25) is 0 Å². The molecule has 1 saturated carbocycles.